The summed E-state index contributed by atoms with van der Waals surface area (Å²) in [6.07, 6.45) is 3.59. The number of rotatable bonds is 6. The van der Waals surface area contributed by atoms with Gasteiger partial charge in [0.2, 0.25) is 0 Å². The molecule has 1 aliphatic heterocycles. The molecule has 1 saturated heterocycles. The average molecular weight is 446 g/mol. The van der Waals surface area contributed by atoms with E-state index in [0.717, 1.165) is 65.3 Å². The van der Waals surface area contributed by atoms with Crippen LogP contribution in [0.3, 0.4) is 0 Å². The summed E-state index contributed by atoms with van der Waals surface area (Å²) in [6.45, 7) is 4.67. The highest BCUT2D eigenvalue weighted by atomic mass is 79.9. The largest absolute Gasteiger partial charge is 0.379 e. The number of morpholine rings is 1. The summed E-state index contributed by atoms with van der Waals surface area (Å²) in [6, 6.07) is 12.1. The Kier molecular flexibility index (Phi) is 6.18. The maximum absolute atomic E-state index is 5.42. The molecule has 0 aliphatic carbocycles. The van der Waals surface area contributed by atoms with Crippen LogP contribution in [0.1, 0.15) is 0 Å². The van der Waals surface area contributed by atoms with E-state index in [1.807, 2.05) is 30.5 Å². The highest BCUT2D eigenvalue weighted by molar-refractivity contribution is 9.10. The molecule has 0 radical (unpaired) electrons. The topological polar surface area (TPSA) is 56.1 Å². The standard InChI is InChI=1S/C19H20BrN5OS/c20-16-3-5-17(6-4-16)25-18(15-2-1-7-21-14-15)22-23-19(25)27-13-10-24-8-11-26-12-9-24/h1-7,14H,8-13H2. The van der Waals surface area contributed by atoms with Crippen molar-refractivity contribution >= 4 is 27.7 Å². The Morgan fingerprint density at radius 2 is 1.89 bits per heavy atom. The van der Waals surface area contributed by atoms with Crippen molar-refractivity contribution < 1.29 is 4.74 Å². The van der Waals surface area contributed by atoms with E-state index in [1.165, 1.54) is 0 Å². The lowest BCUT2D eigenvalue weighted by atomic mass is 10.2. The number of nitrogens with zero attached hydrogens (tertiary/aromatic N) is 5. The minimum absolute atomic E-state index is 0.805. The van der Waals surface area contributed by atoms with Crippen LogP contribution in [-0.4, -0.2) is 63.2 Å². The Morgan fingerprint density at radius 1 is 1.07 bits per heavy atom. The van der Waals surface area contributed by atoms with Crippen molar-refractivity contribution in [3.8, 4) is 17.1 Å². The predicted molar refractivity (Wildman–Crippen MR) is 110 cm³/mol. The van der Waals surface area contributed by atoms with E-state index in [9.17, 15) is 0 Å². The van der Waals surface area contributed by atoms with Crippen LogP contribution in [0.5, 0.6) is 0 Å². The van der Waals surface area contributed by atoms with E-state index in [1.54, 1.807) is 18.0 Å². The molecule has 27 heavy (non-hydrogen) atoms. The van der Waals surface area contributed by atoms with E-state index in [4.69, 9.17) is 4.74 Å². The van der Waals surface area contributed by atoms with Gasteiger partial charge < -0.3 is 4.74 Å². The van der Waals surface area contributed by atoms with Crippen molar-refractivity contribution in [3.63, 3.8) is 0 Å². The molecule has 0 unspecified atom stereocenters. The van der Waals surface area contributed by atoms with Gasteiger partial charge in [0, 0.05) is 53.5 Å². The summed E-state index contributed by atoms with van der Waals surface area (Å²) in [5.41, 5.74) is 1.99. The van der Waals surface area contributed by atoms with Gasteiger partial charge in [0.05, 0.1) is 13.2 Å². The van der Waals surface area contributed by atoms with Crippen molar-refractivity contribution in [1.82, 2.24) is 24.6 Å². The smallest absolute Gasteiger partial charge is 0.196 e. The first-order chi connectivity index (χ1) is 13.3. The third-order valence-corrected chi connectivity index (χ3v) is 5.82. The third kappa shape index (κ3) is 4.57. The summed E-state index contributed by atoms with van der Waals surface area (Å²) in [7, 11) is 0. The quantitative estimate of drug-likeness (QED) is 0.541. The van der Waals surface area contributed by atoms with Crippen molar-refractivity contribution in [3.05, 3.63) is 53.3 Å². The van der Waals surface area contributed by atoms with Crippen molar-refractivity contribution in [1.29, 1.82) is 0 Å². The number of benzene rings is 1. The summed E-state index contributed by atoms with van der Waals surface area (Å²) >= 11 is 5.24. The van der Waals surface area contributed by atoms with Gasteiger partial charge >= 0.3 is 0 Å². The van der Waals surface area contributed by atoms with Crippen LogP contribution in [0.4, 0.5) is 0 Å². The van der Waals surface area contributed by atoms with E-state index in [0.29, 0.717) is 0 Å². The second kappa shape index (κ2) is 8.97. The van der Waals surface area contributed by atoms with Gasteiger partial charge in [0.1, 0.15) is 0 Å². The molecule has 1 fully saturated rings. The molecule has 0 atom stereocenters. The fourth-order valence-electron chi connectivity index (χ4n) is 2.96. The van der Waals surface area contributed by atoms with E-state index < -0.39 is 0 Å². The molecule has 0 N–H and O–H groups in total. The molecular formula is C19H20BrN5OS. The normalized spacial score (nSPS) is 15.1. The SMILES string of the molecule is Brc1ccc(-n2c(SCCN3CCOCC3)nnc2-c2cccnc2)cc1. The number of hydrogen-bond acceptors (Lipinski definition) is 6. The van der Waals surface area contributed by atoms with E-state index in [-0.39, 0.29) is 0 Å². The van der Waals surface area contributed by atoms with Crippen LogP contribution < -0.4 is 0 Å². The molecule has 3 aromatic rings. The lowest BCUT2D eigenvalue weighted by Crippen LogP contribution is -2.37. The molecule has 0 bridgehead atoms. The predicted octanol–water partition coefficient (Wildman–Crippen LogP) is 3.52. The molecule has 0 amide bonds. The molecule has 2 aromatic heterocycles. The van der Waals surface area contributed by atoms with Gasteiger partial charge in [-0.25, -0.2) is 0 Å². The summed E-state index contributed by atoms with van der Waals surface area (Å²) in [4.78, 5) is 6.66. The molecule has 1 aromatic carbocycles. The minimum atomic E-state index is 0.805. The molecule has 1 aliphatic rings. The zero-order chi connectivity index (χ0) is 18.5. The van der Waals surface area contributed by atoms with Crippen molar-refractivity contribution in [2.45, 2.75) is 5.16 Å². The number of thioether (sulfide) groups is 1. The number of halogens is 1. The Bertz CT molecular complexity index is 866. The van der Waals surface area contributed by atoms with Crippen molar-refractivity contribution in [2.75, 3.05) is 38.6 Å². The fraction of sp³-hybridized carbons (Fsp3) is 0.316. The maximum atomic E-state index is 5.42. The highest BCUT2D eigenvalue weighted by Crippen LogP contribution is 2.28. The molecule has 140 valence electrons. The third-order valence-electron chi connectivity index (χ3n) is 4.38. The van der Waals surface area contributed by atoms with Crippen LogP contribution in [0.2, 0.25) is 0 Å². The van der Waals surface area contributed by atoms with Gasteiger partial charge in [-0.3, -0.25) is 14.5 Å². The van der Waals surface area contributed by atoms with Gasteiger partial charge in [-0.2, -0.15) is 0 Å². The monoisotopic (exact) mass is 445 g/mol. The Morgan fingerprint density at radius 3 is 2.63 bits per heavy atom. The van der Waals surface area contributed by atoms with E-state index in [2.05, 4.69) is 52.7 Å². The van der Waals surface area contributed by atoms with Gasteiger partial charge in [0.15, 0.2) is 11.0 Å². The van der Waals surface area contributed by atoms with Gasteiger partial charge in [-0.1, -0.05) is 27.7 Å². The van der Waals surface area contributed by atoms with Crippen LogP contribution in [0, 0.1) is 0 Å². The van der Waals surface area contributed by atoms with Gasteiger partial charge in [0.25, 0.3) is 0 Å². The van der Waals surface area contributed by atoms with Crippen LogP contribution >= 0.6 is 27.7 Å². The molecular weight excluding hydrogens is 426 g/mol. The van der Waals surface area contributed by atoms with E-state index >= 15 is 0 Å². The Balaban J connectivity index is 1.59. The molecule has 0 spiro atoms. The first-order valence-electron chi connectivity index (χ1n) is 8.86. The Labute approximate surface area is 171 Å². The van der Waals surface area contributed by atoms with Crippen LogP contribution in [-0.2, 0) is 4.74 Å². The average Bonchev–Trinajstić information content (AvgIpc) is 3.14. The Hall–Kier alpha value is -1.74. The lowest BCUT2D eigenvalue weighted by Gasteiger charge is -2.26. The minimum Gasteiger partial charge on any atom is -0.379 e. The van der Waals surface area contributed by atoms with Crippen LogP contribution in [0.25, 0.3) is 17.1 Å². The maximum Gasteiger partial charge on any atom is 0.196 e. The first-order valence-corrected chi connectivity index (χ1v) is 10.6. The lowest BCUT2D eigenvalue weighted by molar-refractivity contribution is 0.0410. The van der Waals surface area contributed by atoms with Gasteiger partial charge in [-0.15, -0.1) is 10.2 Å². The molecule has 0 saturated carbocycles. The van der Waals surface area contributed by atoms with Gasteiger partial charge in [-0.05, 0) is 36.4 Å². The number of aromatic nitrogens is 4. The second-order valence-corrected chi connectivity index (χ2v) is 8.14. The molecule has 3 heterocycles. The number of ether oxygens (including phenoxy) is 1. The number of pyridine rings is 1. The molecule has 6 nitrogen and oxygen atoms in total. The second-order valence-electron chi connectivity index (χ2n) is 6.16. The summed E-state index contributed by atoms with van der Waals surface area (Å²) < 4.78 is 8.57. The molecule has 4 rings (SSSR count). The van der Waals surface area contributed by atoms with Crippen LogP contribution in [0.15, 0.2) is 58.4 Å². The first kappa shape index (κ1) is 18.6. The number of hydrogen-bond donors (Lipinski definition) is 0. The van der Waals surface area contributed by atoms with Crippen molar-refractivity contribution in [2.24, 2.45) is 0 Å². The summed E-state index contributed by atoms with van der Waals surface area (Å²) in [5.74, 6) is 1.76. The fourth-order valence-corrected chi connectivity index (χ4v) is 4.18. The zero-order valence-corrected chi connectivity index (χ0v) is 17.2. The highest BCUT2D eigenvalue weighted by Gasteiger charge is 2.17. The summed E-state index contributed by atoms with van der Waals surface area (Å²) in [5, 5.41) is 9.82. The zero-order valence-electron chi connectivity index (χ0n) is 14.8. The molecule has 8 heteroatoms.